The number of aromatic amines is 1. The van der Waals surface area contributed by atoms with Crippen molar-refractivity contribution in [3.8, 4) is 0 Å². The first kappa shape index (κ1) is 10.7. The number of thiophene rings is 1. The van der Waals surface area contributed by atoms with Crippen LogP contribution in [0.1, 0.15) is 16.3 Å². The molecule has 0 saturated heterocycles. The van der Waals surface area contributed by atoms with Crippen LogP contribution in [-0.2, 0) is 6.54 Å². The van der Waals surface area contributed by atoms with Crippen LogP contribution in [0, 0.1) is 13.8 Å². The number of hydrogen-bond donors (Lipinski definition) is 2. The van der Waals surface area contributed by atoms with E-state index >= 15 is 0 Å². The summed E-state index contributed by atoms with van der Waals surface area (Å²) in [4.78, 5) is 1.31. The fraction of sp³-hybridized carbons (Fsp3) is 0.300. The van der Waals surface area contributed by atoms with Crippen molar-refractivity contribution >= 4 is 33.0 Å². The average Bonchev–Trinajstić information content (AvgIpc) is 2.73. The largest absolute Gasteiger partial charge is 0.377 e. The van der Waals surface area contributed by atoms with Crippen LogP contribution in [0.25, 0.3) is 0 Å². The van der Waals surface area contributed by atoms with Crippen molar-refractivity contribution in [1.29, 1.82) is 0 Å². The third-order valence-electron chi connectivity index (χ3n) is 2.20. The highest BCUT2D eigenvalue weighted by atomic mass is 79.9. The van der Waals surface area contributed by atoms with E-state index in [9.17, 15) is 0 Å². The minimum Gasteiger partial charge on any atom is -0.377 e. The highest BCUT2D eigenvalue weighted by molar-refractivity contribution is 9.11. The second-order valence-corrected chi connectivity index (χ2v) is 5.92. The van der Waals surface area contributed by atoms with E-state index in [-0.39, 0.29) is 0 Å². The molecule has 5 heteroatoms. The maximum Gasteiger partial charge on any atom is 0.0825 e. The zero-order valence-electron chi connectivity index (χ0n) is 8.60. The number of aromatic nitrogens is 2. The molecule has 0 aliphatic rings. The normalized spacial score (nSPS) is 10.6. The Balaban J connectivity index is 2.05. The van der Waals surface area contributed by atoms with Crippen molar-refractivity contribution in [2.75, 3.05) is 5.32 Å². The highest BCUT2D eigenvalue weighted by Gasteiger charge is 2.05. The molecule has 0 unspecified atom stereocenters. The highest BCUT2D eigenvalue weighted by Crippen LogP contribution is 2.24. The minimum absolute atomic E-state index is 0.845. The first-order valence-corrected chi connectivity index (χ1v) is 6.27. The van der Waals surface area contributed by atoms with Crippen LogP contribution in [0.4, 0.5) is 5.69 Å². The van der Waals surface area contributed by atoms with Gasteiger partial charge in [0.2, 0.25) is 0 Å². The SMILES string of the molecule is Cc1n[nH]c(C)c1NCc1ccc(Br)s1. The van der Waals surface area contributed by atoms with E-state index in [2.05, 4.69) is 43.6 Å². The van der Waals surface area contributed by atoms with Crippen molar-refractivity contribution in [3.63, 3.8) is 0 Å². The van der Waals surface area contributed by atoms with E-state index in [0.717, 1.165) is 23.6 Å². The van der Waals surface area contributed by atoms with Crippen LogP contribution in [0.15, 0.2) is 15.9 Å². The van der Waals surface area contributed by atoms with E-state index < -0.39 is 0 Å². The van der Waals surface area contributed by atoms with Gasteiger partial charge in [0.15, 0.2) is 0 Å². The Labute approximate surface area is 101 Å². The Kier molecular flexibility index (Phi) is 3.11. The molecule has 0 atom stereocenters. The number of anilines is 1. The summed E-state index contributed by atoms with van der Waals surface area (Å²) in [5, 5.41) is 10.5. The van der Waals surface area contributed by atoms with E-state index in [0.29, 0.717) is 0 Å². The van der Waals surface area contributed by atoms with E-state index in [4.69, 9.17) is 0 Å². The molecule has 15 heavy (non-hydrogen) atoms. The monoisotopic (exact) mass is 285 g/mol. The summed E-state index contributed by atoms with van der Waals surface area (Å²) in [5.41, 5.74) is 3.21. The number of rotatable bonds is 3. The molecule has 2 aromatic rings. The molecule has 0 spiro atoms. The molecule has 0 aliphatic heterocycles. The van der Waals surface area contributed by atoms with Gasteiger partial charge in [-0.05, 0) is 41.9 Å². The molecule has 0 aliphatic carbocycles. The number of nitrogens with zero attached hydrogens (tertiary/aromatic N) is 1. The molecule has 2 rings (SSSR count). The molecule has 0 fully saturated rings. The molecule has 2 N–H and O–H groups in total. The number of H-pyrrole nitrogens is 1. The molecule has 2 heterocycles. The molecular weight excluding hydrogens is 274 g/mol. The smallest absolute Gasteiger partial charge is 0.0825 e. The maximum absolute atomic E-state index is 4.14. The van der Waals surface area contributed by atoms with E-state index in [1.54, 1.807) is 11.3 Å². The molecule has 0 saturated carbocycles. The molecule has 2 aromatic heterocycles. The quantitative estimate of drug-likeness (QED) is 0.907. The van der Waals surface area contributed by atoms with Crippen molar-refractivity contribution in [3.05, 3.63) is 32.2 Å². The van der Waals surface area contributed by atoms with Crippen molar-refractivity contribution in [2.24, 2.45) is 0 Å². The molecule has 0 bridgehead atoms. The van der Waals surface area contributed by atoms with Gasteiger partial charge in [0, 0.05) is 11.4 Å². The van der Waals surface area contributed by atoms with Gasteiger partial charge in [0.1, 0.15) is 0 Å². The lowest BCUT2D eigenvalue weighted by molar-refractivity contribution is 1.02. The summed E-state index contributed by atoms with van der Waals surface area (Å²) < 4.78 is 1.17. The number of aryl methyl sites for hydroxylation is 2. The standard InChI is InChI=1S/C10H12BrN3S/c1-6-10(7(2)14-13-6)12-5-8-3-4-9(11)15-8/h3-4,12H,5H2,1-2H3,(H,13,14). The lowest BCUT2D eigenvalue weighted by Crippen LogP contribution is -1.99. The van der Waals surface area contributed by atoms with Gasteiger partial charge in [-0.2, -0.15) is 5.10 Å². The first-order chi connectivity index (χ1) is 7.16. The average molecular weight is 286 g/mol. The molecule has 3 nitrogen and oxygen atoms in total. The van der Waals surface area contributed by atoms with Gasteiger partial charge in [-0.15, -0.1) is 11.3 Å². The molecule has 0 aromatic carbocycles. The summed E-state index contributed by atoms with van der Waals surface area (Å²) in [6.45, 7) is 4.86. The Morgan fingerprint density at radius 3 is 2.80 bits per heavy atom. The van der Waals surface area contributed by atoms with Crippen LogP contribution >= 0.6 is 27.3 Å². The third kappa shape index (κ3) is 2.41. The van der Waals surface area contributed by atoms with E-state index in [1.807, 2.05) is 13.8 Å². The Hall–Kier alpha value is -0.810. The Bertz CT molecular complexity index is 441. The fourth-order valence-electron chi connectivity index (χ4n) is 1.43. The summed E-state index contributed by atoms with van der Waals surface area (Å²) in [5.74, 6) is 0. The van der Waals surface area contributed by atoms with Crippen LogP contribution in [0.2, 0.25) is 0 Å². The summed E-state index contributed by atoms with van der Waals surface area (Å²) in [6, 6.07) is 4.18. The first-order valence-electron chi connectivity index (χ1n) is 4.66. The van der Waals surface area contributed by atoms with Gasteiger partial charge >= 0.3 is 0 Å². The maximum atomic E-state index is 4.14. The van der Waals surface area contributed by atoms with Gasteiger partial charge < -0.3 is 5.32 Å². The Morgan fingerprint density at radius 1 is 1.47 bits per heavy atom. The predicted molar refractivity (Wildman–Crippen MR) is 67.4 cm³/mol. The van der Waals surface area contributed by atoms with Crippen LogP contribution < -0.4 is 5.32 Å². The van der Waals surface area contributed by atoms with Crippen molar-refractivity contribution in [1.82, 2.24) is 10.2 Å². The van der Waals surface area contributed by atoms with Crippen LogP contribution in [0.5, 0.6) is 0 Å². The van der Waals surface area contributed by atoms with Gasteiger partial charge in [0.25, 0.3) is 0 Å². The number of halogens is 1. The topological polar surface area (TPSA) is 40.7 Å². The second kappa shape index (κ2) is 4.37. The van der Waals surface area contributed by atoms with Crippen molar-refractivity contribution in [2.45, 2.75) is 20.4 Å². The number of nitrogens with one attached hydrogen (secondary N) is 2. The summed E-state index contributed by atoms with van der Waals surface area (Å²) in [7, 11) is 0. The third-order valence-corrected chi connectivity index (χ3v) is 3.82. The summed E-state index contributed by atoms with van der Waals surface area (Å²) in [6.07, 6.45) is 0. The zero-order chi connectivity index (χ0) is 10.8. The summed E-state index contributed by atoms with van der Waals surface area (Å²) >= 11 is 5.20. The molecule has 80 valence electrons. The van der Waals surface area contributed by atoms with Gasteiger partial charge in [-0.3, -0.25) is 5.10 Å². The second-order valence-electron chi connectivity index (χ2n) is 3.37. The van der Waals surface area contributed by atoms with Crippen LogP contribution in [-0.4, -0.2) is 10.2 Å². The van der Waals surface area contributed by atoms with E-state index in [1.165, 1.54) is 8.66 Å². The zero-order valence-corrected chi connectivity index (χ0v) is 11.0. The predicted octanol–water partition coefficient (Wildman–Crippen LogP) is 3.46. The molecular formula is C10H12BrN3S. The minimum atomic E-state index is 0.845. The van der Waals surface area contributed by atoms with Gasteiger partial charge in [-0.1, -0.05) is 0 Å². The number of hydrogen-bond acceptors (Lipinski definition) is 3. The van der Waals surface area contributed by atoms with Crippen molar-refractivity contribution < 1.29 is 0 Å². The fourth-order valence-corrected chi connectivity index (χ4v) is 2.86. The van der Waals surface area contributed by atoms with Gasteiger partial charge in [-0.25, -0.2) is 0 Å². The Morgan fingerprint density at radius 2 is 2.27 bits per heavy atom. The lowest BCUT2D eigenvalue weighted by atomic mass is 10.3. The lowest BCUT2D eigenvalue weighted by Gasteiger charge is -2.03. The molecule has 0 amide bonds. The molecule has 0 radical (unpaired) electrons. The van der Waals surface area contributed by atoms with Crippen LogP contribution in [0.3, 0.4) is 0 Å². The van der Waals surface area contributed by atoms with Gasteiger partial charge in [0.05, 0.1) is 20.9 Å².